The molecule has 1 heterocycles. The molecular weight excluding hydrogens is 385 g/mol. The molecule has 0 aromatic heterocycles. The number of hydrogen-bond acceptors (Lipinski definition) is 5. The number of nitrogens with one attached hydrogen (secondary N) is 2. The van der Waals surface area contributed by atoms with Gasteiger partial charge in [0.2, 0.25) is 0 Å². The van der Waals surface area contributed by atoms with Crippen molar-refractivity contribution in [2.45, 2.75) is 13.0 Å². The van der Waals surface area contributed by atoms with Crippen molar-refractivity contribution in [3.05, 3.63) is 35.4 Å². The van der Waals surface area contributed by atoms with Crippen LogP contribution in [0, 0.1) is 0 Å². The first-order valence-electron chi connectivity index (χ1n) is 7.95. The molecule has 1 amide bonds. The van der Waals surface area contributed by atoms with Gasteiger partial charge in [-0.2, -0.15) is 0 Å². The maximum absolute atomic E-state index is 12.1. The van der Waals surface area contributed by atoms with E-state index in [9.17, 15) is 13.2 Å². The van der Waals surface area contributed by atoms with E-state index < -0.39 is 9.84 Å². The van der Waals surface area contributed by atoms with E-state index in [1.807, 2.05) is 25.2 Å². The quantitative estimate of drug-likeness (QED) is 0.656. The molecule has 0 atom stereocenters. The number of amides is 1. The number of benzene rings is 1. The van der Waals surface area contributed by atoms with Gasteiger partial charge in [0.1, 0.15) is 0 Å². The minimum absolute atomic E-state index is 0. The van der Waals surface area contributed by atoms with Crippen molar-refractivity contribution in [2.24, 2.45) is 0 Å². The van der Waals surface area contributed by atoms with E-state index in [1.54, 1.807) is 6.07 Å². The zero-order chi connectivity index (χ0) is 16.7. The fraction of sp³-hybridized carbons (Fsp3) is 0.562. The zero-order valence-electron chi connectivity index (χ0n) is 14.4. The van der Waals surface area contributed by atoms with E-state index >= 15 is 0 Å². The van der Waals surface area contributed by atoms with Crippen LogP contribution in [0.1, 0.15) is 22.3 Å². The Bertz CT molecular complexity index is 627. The Balaban J connectivity index is 0.00000288. The highest BCUT2D eigenvalue weighted by molar-refractivity contribution is 7.91. The lowest BCUT2D eigenvalue weighted by atomic mass is 10.1. The van der Waals surface area contributed by atoms with Crippen LogP contribution in [0.2, 0.25) is 0 Å². The molecule has 1 aliphatic rings. The minimum atomic E-state index is -2.86. The number of nitrogens with zero attached hydrogens (tertiary/aromatic N) is 1. The van der Waals surface area contributed by atoms with Crippen LogP contribution in [0.5, 0.6) is 0 Å². The van der Waals surface area contributed by atoms with E-state index in [4.69, 9.17) is 0 Å². The molecule has 6 nitrogen and oxygen atoms in total. The Hall–Kier alpha value is -0.860. The third-order valence-electron chi connectivity index (χ3n) is 3.92. The van der Waals surface area contributed by atoms with Gasteiger partial charge in [0, 0.05) is 31.7 Å². The lowest BCUT2D eigenvalue weighted by Crippen LogP contribution is -2.39. The summed E-state index contributed by atoms with van der Waals surface area (Å²) in [6.07, 6.45) is 0.893. The highest BCUT2D eigenvalue weighted by Gasteiger charge is 2.21. The molecule has 0 bridgehead atoms. The molecule has 9 heteroatoms. The Morgan fingerprint density at radius 2 is 1.84 bits per heavy atom. The fourth-order valence-electron chi connectivity index (χ4n) is 2.55. The molecule has 2 N–H and O–H groups in total. The van der Waals surface area contributed by atoms with E-state index in [1.165, 1.54) is 0 Å². The average Bonchev–Trinajstić information content (AvgIpc) is 2.54. The van der Waals surface area contributed by atoms with Crippen LogP contribution in [0.25, 0.3) is 0 Å². The maximum Gasteiger partial charge on any atom is 0.251 e. The van der Waals surface area contributed by atoms with E-state index in [0.29, 0.717) is 31.7 Å². The molecule has 0 saturated carbocycles. The summed E-state index contributed by atoms with van der Waals surface area (Å²) in [5.41, 5.74) is 1.68. The lowest BCUT2D eigenvalue weighted by molar-refractivity contribution is 0.0953. The van der Waals surface area contributed by atoms with Crippen LogP contribution in [0.4, 0.5) is 0 Å². The molecule has 1 aromatic rings. The van der Waals surface area contributed by atoms with E-state index in [2.05, 4.69) is 15.5 Å². The van der Waals surface area contributed by atoms with Gasteiger partial charge in [-0.05, 0) is 37.7 Å². The second-order valence-electron chi connectivity index (χ2n) is 5.84. The topological polar surface area (TPSA) is 78.5 Å². The second-order valence-corrected chi connectivity index (χ2v) is 8.14. The maximum atomic E-state index is 12.1. The number of carbonyl (C=O) groups is 1. The van der Waals surface area contributed by atoms with Crippen molar-refractivity contribution in [3.8, 4) is 0 Å². The summed E-state index contributed by atoms with van der Waals surface area (Å²) in [4.78, 5) is 14.2. The Kier molecular flexibility index (Phi) is 11.3. The van der Waals surface area contributed by atoms with Gasteiger partial charge >= 0.3 is 0 Å². The van der Waals surface area contributed by atoms with Crippen molar-refractivity contribution in [1.82, 2.24) is 15.5 Å². The summed E-state index contributed by atoms with van der Waals surface area (Å²) in [5, 5.41) is 5.95. The van der Waals surface area contributed by atoms with Crippen molar-refractivity contribution >= 4 is 40.6 Å². The lowest BCUT2D eigenvalue weighted by Gasteiger charge is -2.26. The summed E-state index contributed by atoms with van der Waals surface area (Å²) < 4.78 is 22.9. The van der Waals surface area contributed by atoms with Gasteiger partial charge < -0.3 is 10.6 Å². The largest absolute Gasteiger partial charge is 0.352 e. The Morgan fingerprint density at radius 3 is 2.48 bits per heavy atom. The van der Waals surface area contributed by atoms with Crippen molar-refractivity contribution in [3.63, 3.8) is 0 Å². The Morgan fingerprint density at radius 1 is 1.16 bits per heavy atom. The highest BCUT2D eigenvalue weighted by Crippen LogP contribution is 2.11. The van der Waals surface area contributed by atoms with Crippen LogP contribution < -0.4 is 10.6 Å². The first-order valence-corrected chi connectivity index (χ1v) is 9.77. The summed E-state index contributed by atoms with van der Waals surface area (Å²) in [6.45, 7) is 3.31. The van der Waals surface area contributed by atoms with Crippen molar-refractivity contribution < 1.29 is 13.2 Å². The predicted molar refractivity (Wildman–Crippen MR) is 106 cm³/mol. The molecule has 1 aliphatic heterocycles. The van der Waals surface area contributed by atoms with Crippen LogP contribution in [0.3, 0.4) is 0 Å². The second kappa shape index (κ2) is 11.7. The molecule has 1 aromatic carbocycles. The summed E-state index contributed by atoms with van der Waals surface area (Å²) in [6, 6.07) is 7.54. The molecule has 0 aliphatic carbocycles. The fourth-order valence-corrected chi connectivity index (χ4v) is 3.82. The summed E-state index contributed by atoms with van der Waals surface area (Å²) in [5.74, 6) is 0.376. The third kappa shape index (κ3) is 8.37. The van der Waals surface area contributed by atoms with Gasteiger partial charge in [-0.15, -0.1) is 24.8 Å². The first-order chi connectivity index (χ1) is 11.0. The Labute approximate surface area is 162 Å². The molecule has 144 valence electrons. The monoisotopic (exact) mass is 411 g/mol. The van der Waals surface area contributed by atoms with Crippen LogP contribution in [-0.2, 0) is 16.4 Å². The van der Waals surface area contributed by atoms with Crippen LogP contribution >= 0.6 is 24.8 Å². The van der Waals surface area contributed by atoms with E-state index in [0.717, 1.165) is 18.5 Å². The molecule has 0 radical (unpaired) electrons. The molecule has 1 fully saturated rings. The molecule has 0 unspecified atom stereocenters. The average molecular weight is 412 g/mol. The number of halogens is 2. The van der Waals surface area contributed by atoms with Gasteiger partial charge in [0.25, 0.3) is 5.91 Å². The number of rotatable bonds is 7. The smallest absolute Gasteiger partial charge is 0.251 e. The molecule has 2 rings (SSSR count). The van der Waals surface area contributed by atoms with Gasteiger partial charge in [-0.3, -0.25) is 9.69 Å². The standard InChI is InChI=1S/C16H25N3O3S.2ClH/c1-17-6-3-7-18-16(20)15-5-2-4-14(12-15)13-19-8-10-23(21,22)11-9-19;;/h2,4-5,12,17H,3,6-11,13H2,1H3,(H,18,20);2*1H. The van der Waals surface area contributed by atoms with Crippen molar-refractivity contribution in [1.29, 1.82) is 0 Å². The van der Waals surface area contributed by atoms with Crippen LogP contribution in [0.15, 0.2) is 24.3 Å². The molecule has 25 heavy (non-hydrogen) atoms. The van der Waals surface area contributed by atoms with Gasteiger partial charge in [-0.25, -0.2) is 8.42 Å². The molecular formula is C16H27Cl2N3O3S. The minimum Gasteiger partial charge on any atom is -0.352 e. The van der Waals surface area contributed by atoms with E-state index in [-0.39, 0.29) is 42.2 Å². The number of sulfone groups is 1. The first kappa shape index (κ1) is 24.1. The van der Waals surface area contributed by atoms with Gasteiger partial charge in [-0.1, -0.05) is 12.1 Å². The normalized spacial score (nSPS) is 16.4. The molecule has 1 saturated heterocycles. The van der Waals surface area contributed by atoms with Gasteiger partial charge in [0.15, 0.2) is 9.84 Å². The third-order valence-corrected chi connectivity index (χ3v) is 5.53. The molecule has 0 spiro atoms. The van der Waals surface area contributed by atoms with Crippen LogP contribution in [-0.4, -0.2) is 64.0 Å². The number of carbonyl (C=O) groups excluding carboxylic acids is 1. The zero-order valence-corrected chi connectivity index (χ0v) is 16.8. The SMILES string of the molecule is CNCCCNC(=O)c1cccc(CN2CCS(=O)(=O)CC2)c1.Cl.Cl. The summed E-state index contributed by atoms with van der Waals surface area (Å²) in [7, 11) is -0.970. The predicted octanol–water partition coefficient (Wildman–Crippen LogP) is 1.10. The number of hydrogen-bond donors (Lipinski definition) is 2. The summed E-state index contributed by atoms with van der Waals surface area (Å²) >= 11 is 0. The highest BCUT2D eigenvalue weighted by atomic mass is 35.5. The van der Waals surface area contributed by atoms with Gasteiger partial charge in [0.05, 0.1) is 11.5 Å². The van der Waals surface area contributed by atoms with Crippen molar-refractivity contribution in [2.75, 3.05) is 44.7 Å².